The number of benzene rings is 2. The molecule has 0 fully saturated rings. The molecule has 0 saturated carbocycles. The third-order valence-electron chi connectivity index (χ3n) is 5.53. The third-order valence-corrected chi connectivity index (χ3v) is 6.47. The van der Waals surface area contributed by atoms with Crippen molar-refractivity contribution >= 4 is 19.9 Å². The maximum atomic E-state index is 13.5. The van der Waals surface area contributed by atoms with Gasteiger partial charge in [0.15, 0.2) is 26.1 Å². The van der Waals surface area contributed by atoms with Crippen molar-refractivity contribution in [3.05, 3.63) is 82.6 Å². The topological polar surface area (TPSA) is 52.6 Å². The number of hydrogen-bond donors (Lipinski definition) is 0. The van der Waals surface area contributed by atoms with Crippen LogP contribution in [0.15, 0.2) is 65.9 Å². The first-order valence-corrected chi connectivity index (χ1v) is 13.5. The molecule has 1 aliphatic heterocycles. The lowest BCUT2D eigenvalue weighted by atomic mass is 9.71. The molecular formula is C24H26O4Si. The molecule has 3 atom stereocenters. The summed E-state index contributed by atoms with van der Waals surface area (Å²) in [5.74, 6) is -0.472. The zero-order valence-corrected chi connectivity index (χ0v) is 18.3. The molecule has 2 aromatic carbocycles. The molecule has 4 nitrogen and oxygen atoms in total. The van der Waals surface area contributed by atoms with Crippen LogP contribution in [0.5, 0.6) is 0 Å². The number of rotatable bonds is 4. The molecule has 0 aromatic heterocycles. The highest BCUT2D eigenvalue weighted by Gasteiger charge is 2.48. The Morgan fingerprint density at radius 1 is 0.897 bits per heavy atom. The van der Waals surface area contributed by atoms with Crippen molar-refractivity contribution in [2.45, 2.75) is 45.2 Å². The van der Waals surface area contributed by atoms with Crippen LogP contribution in [-0.2, 0) is 9.16 Å². The Balaban J connectivity index is 1.91. The summed E-state index contributed by atoms with van der Waals surface area (Å²) in [6.45, 7) is 8.40. The highest BCUT2D eigenvalue weighted by molar-refractivity contribution is 6.69. The number of hydrogen-bond acceptors (Lipinski definition) is 4. The SMILES string of the molecule is CC[C@H]1[C@@H](O[Si](C)(C)C)OC2=C(C(=O)c3ccccc3C2=O)[C@H]1c1ccccc1. The predicted octanol–water partition coefficient (Wildman–Crippen LogP) is 5.34. The van der Waals surface area contributed by atoms with Crippen molar-refractivity contribution in [2.75, 3.05) is 0 Å². The van der Waals surface area contributed by atoms with E-state index in [1.165, 1.54) is 0 Å². The second kappa shape index (κ2) is 7.39. The van der Waals surface area contributed by atoms with Gasteiger partial charge < -0.3 is 9.16 Å². The molecule has 0 saturated heterocycles. The Morgan fingerprint density at radius 2 is 1.48 bits per heavy atom. The van der Waals surface area contributed by atoms with Gasteiger partial charge in [0.25, 0.3) is 0 Å². The van der Waals surface area contributed by atoms with Crippen molar-refractivity contribution in [3.63, 3.8) is 0 Å². The van der Waals surface area contributed by atoms with Crippen LogP contribution in [0.2, 0.25) is 19.6 Å². The van der Waals surface area contributed by atoms with Crippen LogP contribution < -0.4 is 0 Å². The Morgan fingerprint density at radius 3 is 2.07 bits per heavy atom. The number of carbonyl (C=O) groups is 2. The molecule has 0 N–H and O–H groups in total. The average molecular weight is 407 g/mol. The van der Waals surface area contributed by atoms with Gasteiger partial charge >= 0.3 is 0 Å². The van der Waals surface area contributed by atoms with Crippen LogP contribution in [0.3, 0.4) is 0 Å². The highest BCUT2D eigenvalue weighted by Crippen LogP contribution is 2.47. The third kappa shape index (κ3) is 3.49. The number of carbonyl (C=O) groups excluding carboxylic acids is 2. The van der Waals surface area contributed by atoms with Gasteiger partial charge in [0.2, 0.25) is 5.78 Å². The Kier molecular flexibility index (Phi) is 5.05. The van der Waals surface area contributed by atoms with E-state index in [0.717, 1.165) is 12.0 Å². The molecule has 5 heteroatoms. The number of allylic oxidation sites excluding steroid dienone is 2. The van der Waals surface area contributed by atoms with E-state index in [-0.39, 0.29) is 29.2 Å². The molecule has 1 heterocycles. The first kappa shape index (κ1) is 19.8. The summed E-state index contributed by atoms with van der Waals surface area (Å²) in [4.78, 5) is 26.8. The van der Waals surface area contributed by atoms with Crippen LogP contribution in [0.4, 0.5) is 0 Å². The summed E-state index contributed by atoms with van der Waals surface area (Å²) in [7, 11) is -1.94. The maximum absolute atomic E-state index is 13.5. The van der Waals surface area contributed by atoms with Gasteiger partial charge in [-0.2, -0.15) is 0 Å². The van der Waals surface area contributed by atoms with Crippen molar-refractivity contribution in [3.8, 4) is 0 Å². The molecule has 4 rings (SSSR count). The van der Waals surface area contributed by atoms with Crippen LogP contribution in [0, 0.1) is 5.92 Å². The van der Waals surface area contributed by atoms with E-state index in [1.54, 1.807) is 24.3 Å². The first-order chi connectivity index (χ1) is 13.8. The van der Waals surface area contributed by atoms with Crippen molar-refractivity contribution in [1.82, 2.24) is 0 Å². The fourth-order valence-electron chi connectivity index (χ4n) is 4.31. The quantitative estimate of drug-likeness (QED) is 0.643. The molecule has 2 aromatic rings. The second-order valence-corrected chi connectivity index (χ2v) is 13.1. The summed E-state index contributed by atoms with van der Waals surface area (Å²) in [5.41, 5.74) is 2.35. The van der Waals surface area contributed by atoms with Crippen LogP contribution in [0.25, 0.3) is 0 Å². The van der Waals surface area contributed by atoms with Gasteiger partial charge in [-0.05, 0) is 31.6 Å². The molecular weight excluding hydrogens is 380 g/mol. The lowest BCUT2D eigenvalue weighted by molar-refractivity contribution is -0.105. The number of ether oxygens (including phenoxy) is 1. The van der Waals surface area contributed by atoms with Gasteiger partial charge in [-0.3, -0.25) is 9.59 Å². The first-order valence-electron chi connectivity index (χ1n) is 10.1. The molecule has 0 amide bonds. The molecule has 150 valence electrons. The lowest BCUT2D eigenvalue weighted by Crippen LogP contribution is -2.46. The molecule has 0 bridgehead atoms. The minimum absolute atomic E-state index is 0.0510. The van der Waals surface area contributed by atoms with E-state index in [4.69, 9.17) is 9.16 Å². The highest BCUT2D eigenvalue weighted by atomic mass is 28.4. The molecule has 29 heavy (non-hydrogen) atoms. The predicted molar refractivity (Wildman–Crippen MR) is 114 cm³/mol. The Labute approximate surface area is 172 Å². The van der Waals surface area contributed by atoms with Gasteiger partial charge in [0, 0.05) is 23.0 Å². The van der Waals surface area contributed by atoms with E-state index in [9.17, 15) is 9.59 Å². The summed E-state index contributed by atoms with van der Waals surface area (Å²) in [6, 6.07) is 16.9. The van der Waals surface area contributed by atoms with E-state index < -0.39 is 14.6 Å². The summed E-state index contributed by atoms with van der Waals surface area (Å²) in [5, 5.41) is 0. The van der Waals surface area contributed by atoms with Crippen molar-refractivity contribution in [2.24, 2.45) is 5.92 Å². The van der Waals surface area contributed by atoms with Crippen LogP contribution in [-0.4, -0.2) is 26.2 Å². The fraction of sp³-hybridized carbons (Fsp3) is 0.333. The zero-order chi connectivity index (χ0) is 20.8. The normalized spacial score (nSPS) is 24.1. The van der Waals surface area contributed by atoms with Crippen molar-refractivity contribution < 1.29 is 18.8 Å². The lowest BCUT2D eigenvalue weighted by Gasteiger charge is -2.43. The van der Waals surface area contributed by atoms with E-state index in [2.05, 4.69) is 26.6 Å². The monoisotopic (exact) mass is 406 g/mol. The van der Waals surface area contributed by atoms with Gasteiger partial charge in [-0.25, -0.2) is 0 Å². The number of ketones is 2. The van der Waals surface area contributed by atoms with Gasteiger partial charge in [-0.1, -0.05) is 61.5 Å². The zero-order valence-electron chi connectivity index (χ0n) is 17.3. The van der Waals surface area contributed by atoms with Gasteiger partial charge in [0.1, 0.15) is 0 Å². The molecule has 0 unspecified atom stereocenters. The van der Waals surface area contributed by atoms with E-state index in [1.807, 2.05) is 30.3 Å². The molecule has 2 aliphatic rings. The van der Waals surface area contributed by atoms with Gasteiger partial charge in [0.05, 0.1) is 5.57 Å². The standard InChI is InChI=1S/C24H26O4Si/c1-5-16-19(15-11-7-6-8-12-15)20-21(25)17-13-9-10-14-18(17)22(26)23(20)27-24(16)28-29(2,3)4/h6-14,16,19,24H,5H2,1-4H3/t16-,19+,24-/m1/s1. The number of fused-ring (bicyclic) bond motifs is 1. The second-order valence-electron chi connectivity index (χ2n) is 8.62. The molecule has 0 radical (unpaired) electrons. The summed E-state index contributed by atoms with van der Waals surface area (Å²) in [6.07, 6.45) is 0.229. The van der Waals surface area contributed by atoms with Crippen molar-refractivity contribution in [1.29, 1.82) is 0 Å². The van der Waals surface area contributed by atoms with E-state index in [0.29, 0.717) is 16.7 Å². The fourth-order valence-corrected chi connectivity index (χ4v) is 5.23. The largest absolute Gasteiger partial charge is 0.461 e. The van der Waals surface area contributed by atoms with Gasteiger partial charge in [-0.15, -0.1) is 0 Å². The Bertz CT molecular complexity index is 987. The Hall–Kier alpha value is -2.50. The molecule has 1 aliphatic carbocycles. The minimum Gasteiger partial charge on any atom is -0.461 e. The van der Waals surface area contributed by atoms with Crippen LogP contribution in [0.1, 0.15) is 45.5 Å². The summed E-state index contributed by atoms with van der Waals surface area (Å²) >= 11 is 0. The average Bonchev–Trinajstić information content (AvgIpc) is 2.70. The van der Waals surface area contributed by atoms with Crippen LogP contribution >= 0.6 is 0 Å². The summed E-state index contributed by atoms with van der Waals surface area (Å²) < 4.78 is 12.6. The smallest absolute Gasteiger partial charge is 0.228 e. The minimum atomic E-state index is -1.94. The maximum Gasteiger partial charge on any atom is 0.228 e. The molecule has 0 spiro atoms. The van der Waals surface area contributed by atoms with E-state index >= 15 is 0 Å². The number of Topliss-reactive ketones (excluding diaryl/α,β-unsaturated/α-hetero) is 2.